The van der Waals surface area contributed by atoms with Crippen LogP contribution in [0.5, 0.6) is 0 Å². The van der Waals surface area contributed by atoms with Crippen LogP contribution in [0.15, 0.2) is 24.5 Å². The molecule has 0 fully saturated rings. The molecule has 0 bridgehead atoms. The maximum Gasteiger partial charge on any atom is 0.0956 e. The number of hydrogen-bond donors (Lipinski definition) is 2. The predicted molar refractivity (Wildman–Crippen MR) is 70.9 cm³/mol. The average Bonchev–Trinajstić information content (AvgIpc) is 2.93. The number of hydrogen-bond acceptors (Lipinski definition) is 3. The van der Waals surface area contributed by atoms with Crippen molar-refractivity contribution in [3.05, 3.63) is 35.8 Å². The molecular weight excluding hydrogens is 226 g/mol. The number of nitrogens with zero attached hydrogens (tertiary/aromatic N) is 3. The fourth-order valence-corrected chi connectivity index (χ4v) is 2.31. The smallest absolute Gasteiger partial charge is 0.0956 e. The molecule has 5 nitrogen and oxygen atoms in total. The van der Waals surface area contributed by atoms with Crippen molar-refractivity contribution < 1.29 is 0 Å². The van der Waals surface area contributed by atoms with Gasteiger partial charge in [-0.15, -0.1) is 0 Å². The number of benzene rings is 1. The number of rotatable bonds is 2. The minimum absolute atomic E-state index is 0.502. The molecule has 0 saturated carbocycles. The summed E-state index contributed by atoms with van der Waals surface area (Å²) in [6.45, 7) is 2.56. The molecule has 0 aliphatic rings. The minimum atomic E-state index is 0.502. The lowest BCUT2D eigenvalue weighted by atomic mass is 10.1. The van der Waals surface area contributed by atoms with Gasteiger partial charge in [0.1, 0.15) is 0 Å². The van der Waals surface area contributed by atoms with Crippen LogP contribution in [0.25, 0.3) is 22.3 Å². The Bertz CT molecular complexity index is 707. The van der Waals surface area contributed by atoms with Crippen LogP contribution in [0.2, 0.25) is 0 Å². The van der Waals surface area contributed by atoms with E-state index in [-0.39, 0.29) is 0 Å². The molecule has 0 aliphatic heterocycles. The first kappa shape index (κ1) is 11.0. The lowest BCUT2D eigenvalue weighted by molar-refractivity contribution is 0.712. The highest BCUT2D eigenvalue weighted by Gasteiger charge is 2.13. The average molecular weight is 241 g/mol. The van der Waals surface area contributed by atoms with E-state index in [0.717, 1.165) is 33.5 Å². The number of fused-ring (bicyclic) bond motifs is 1. The van der Waals surface area contributed by atoms with Gasteiger partial charge in [0.05, 0.1) is 28.7 Å². The van der Waals surface area contributed by atoms with Crippen molar-refractivity contribution in [2.24, 2.45) is 12.8 Å². The number of nitrogens with one attached hydrogen (secondary N) is 1. The van der Waals surface area contributed by atoms with Crippen molar-refractivity contribution >= 4 is 11.0 Å². The summed E-state index contributed by atoms with van der Waals surface area (Å²) in [5.41, 5.74) is 12.0. The Morgan fingerprint density at radius 3 is 2.94 bits per heavy atom. The molecule has 92 valence electrons. The van der Waals surface area contributed by atoms with Gasteiger partial charge in [-0.25, -0.2) is 4.98 Å². The topological polar surface area (TPSA) is 72.5 Å². The number of H-pyrrole nitrogens is 1. The minimum Gasteiger partial charge on any atom is -0.345 e. The van der Waals surface area contributed by atoms with E-state index in [9.17, 15) is 0 Å². The van der Waals surface area contributed by atoms with E-state index in [0.29, 0.717) is 6.54 Å². The van der Waals surface area contributed by atoms with E-state index < -0.39 is 0 Å². The van der Waals surface area contributed by atoms with Gasteiger partial charge in [-0.05, 0) is 24.6 Å². The van der Waals surface area contributed by atoms with E-state index >= 15 is 0 Å². The molecule has 2 heterocycles. The fourth-order valence-electron chi connectivity index (χ4n) is 2.31. The zero-order valence-corrected chi connectivity index (χ0v) is 10.4. The van der Waals surface area contributed by atoms with Gasteiger partial charge in [-0.2, -0.15) is 5.10 Å². The van der Waals surface area contributed by atoms with E-state index in [1.165, 1.54) is 0 Å². The largest absolute Gasteiger partial charge is 0.345 e. The molecule has 0 atom stereocenters. The van der Waals surface area contributed by atoms with Gasteiger partial charge in [0.25, 0.3) is 0 Å². The number of imidazole rings is 1. The summed E-state index contributed by atoms with van der Waals surface area (Å²) in [6, 6.07) is 6.11. The molecular formula is C13H15N5. The second kappa shape index (κ2) is 3.96. The van der Waals surface area contributed by atoms with Gasteiger partial charge in [0, 0.05) is 19.2 Å². The first-order valence-corrected chi connectivity index (χ1v) is 5.86. The van der Waals surface area contributed by atoms with Crippen LogP contribution >= 0.6 is 0 Å². The third-order valence-electron chi connectivity index (χ3n) is 3.32. The predicted octanol–water partition coefficient (Wildman–Crippen LogP) is 1.73. The molecule has 3 rings (SSSR count). The molecule has 3 N–H and O–H groups in total. The zero-order valence-electron chi connectivity index (χ0n) is 10.4. The maximum atomic E-state index is 5.74. The highest BCUT2D eigenvalue weighted by atomic mass is 15.3. The van der Waals surface area contributed by atoms with Crippen molar-refractivity contribution in [2.75, 3.05) is 0 Å². The second-order valence-corrected chi connectivity index (χ2v) is 4.38. The summed E-state index contributed by atoms with van der Waals surface area (Å²) in [4.78, 5) is 7.33. The number of aromatic nitrogens is 4. The van der Waals surface area contributed by atoms with Gasteiger partial charge in [0.15, 0.2) is 0 Å². The van der Waals surface area contributed by atoms with Gasteiger partial charge in [-0.3, -0.25) is 4.68 Å². The summed E-state index contributed by atoms with van der Waals surface area (Å²) in [7, 11) is 1.92. The fraction of sp³-hybridized carbons (Fsp3) is 0.231. The molecule has 0 saturated heterocycles. The molecule has 0 radical (unpaired) electrons. The van der Waals surface area contributed by atoms with E-state index in [4.69, 9.17) is 5.73 Å². The van der Waals surface area contributed by atoms with Crippen LogP contribution in [0, 0.1) is 6.92 Å². The Kier molecular flexibility index (Phi) is 2.41. The molecule has 2 aromatic heterocycles. The third-order valence-corrected chi connectivity index (χ3v) is 3.32. The number of aromatic amines is 1. The van der Waals surface area contributed by atoms with E-state index in [1.807, 2.05) is 23.9 Å². The molecule has 0 amide bonds. The van der Waals surface area contributed by atoms with Crippen LogP contribution in [0.4, 0.5) is 0 Å². The first-order valence-electron chi connectivity index (χ1n) is 5.86. The van der Waals surface area contributed by atoms with Crippen LogP contribution < -0.4 is 5.73 Å². The lowest BCUT2D eigenvalue weighted by Crippen LogP contribution is -2.05. The van der Waals surface area contributed by atoms with Crippen LogP contribution in [0.3, 0.4) is 0 Å². The first-order chi connectivity index (χ1) is 8.70. The number of nitrogens with two attached hydrogens (primary N) is 1. The molecule has 3 aromatic rings. The van der Waals surface area contributed by atoms with Gasteiger partial charge >= 0.3 is 0 Å². The molecule has 0 aliphatic carbocycles. The Morgan fingerprint density at radius 1 is 1.39 bits per heavy atom. The van der Waals surface area contributed by atoms with Gasteiger partial charge < -0.3 is 10.7 Å². The Hall–Kier alpha value is -2.14. The molecule has 0 spiro atoms. The van der Waals surface area contributed by atoms with Crippen LogP contribution in [0.1, 0.15) is 11.3 Å². The maximum absolute atomic E-state index is 5.74. The SMILES string of the molecule is Cc1c(-c2ccc3nc[nH]c3c2)nn(C)c1CN. The summed E-state index contributed by atoms with van der Waals surface area (Å²) in [5, 5.41) is 4.54. The standard InChI is InChI=1S/C13H15N5/c1-8-12(6-14)18(2)17-13(8)9-3-4-10-11(5-9)16-7-15-10/h3-5,7H,6,14H2,1-2H3,(H,15,16). The summed E-state index contributed by atoms with van der Waals surface area (Å²) in [5.74, 6) is 0. The van der Waals surface area contributed by atoms with Crippen molar-refractivity contribution in [3.8, 4) is 11.3 Å². The number of aryl methyl sites for hydroxylation is 1. The Labute approximate surface area is 105 Å². The lowest BCUT2D eigenvalue weighted by Gasteiger charge is -1.99. The Balaban J connectivity index is 2.19. The van der Waals surface area contributed by atoms with Crippen molar-refractivity contribution in [3.63, 3.8) is 0 Å². The van der Waals surface area contributed by atoms with Crippen LogP contribution in [-0.4, -0.2) is 19.7 Å². The van der Waals surface area contributed by atoms with Crippen molar-refractivity contribution in [1.82, 2.24) is 19.7 Å². The normalized spacial score (nSPS) is 11.3. The third kappa shape index (κ3) is 1.52. The molecule has 5 heteroatoms. The monoisotopic (exact) mass is 241 g/mol. The molecule has 1 aromatic carbocycles. The Morgan fingerprint density at radius 2 is 2.22 bits per heavy atom. The van der Waals surface area contributed by atoms with Crippen LogP contribution in [-0.2, 0) is 13.6 Å². The molecule has 18 heavy (non-hydrogen) atoms. The highest BCUT2D eigenvalue weighted by molar-refractivity contribution is 5.81. The van der Waals surface area contributed by atoms with E-state index in [2.05, 4.69) is 28.1 Å². The van der Waals surface area contributed by atoms with E-state index in [1.54, 1.807) is 6.33 Å². The van der Waals surface area contributed by atoms with Crippen molar-refractivity contribution in [1.29, 1.82) is 0 Å². The zero-order chi connectivity index (χ0) is 12.7. The van der Waals surface area contributed by atoms with Crippen molar-refractivity contribution in [2.45, 2.75) is 13.5 Å². The summed E-state index contributed by atoms with van der Waals surface area (Å²) in [6.07, 6.45) is 1.70. The highest BCUT2D eigenvalue weighted by Crippen LogP contribution is 2.26. The summed E-state index contributed by atoms with van der Waals surface area (Å²) >= 11 is 0. The van der Waals surface area contributed by atoms with Gasteiger partial charge in [0.2, 0.25) is 0 Å². The molecule has 0 unspecified atom stereocenters. The second-order valence-electron chi connectivity index (χ2n) is 4.38. The summed E-state index contributed by atoms with van der Waals surface area (Å²) < 4.78 is 1.85. The quantitative estimate of drug-likeness (QED) is 0.717. The van der Waals surface area contributed by atoms with Gasteiger partial charge in [-0.1, -0.05) is 6.07 Å².